The molecule has 0 spiro atoms. The number of nitrogens with one attached hydrogen (secondary N) is 1. The Hall–Kier alpha value is -2.90. The maximum atomic E-state index is 13.3. The molecule has 0 aliphatic carbocycles. The van der Waals surface area contributed by atoms with Gasteiger partial charge in [0.15, 0.2) is 0 Å². The lowest BCUT2D eigenvalue weighted by molar-refractivity contribution is -0.139. The highest BCUT2D eigenvalue weighted by Gasteiger charge is 2.28. The van der Waals surface area contributed by atoms with E-state index < -0.39 is 6.04 Å². The van der Waals surface area contributed by atoms with Crippen LogP contribution in [0.4, 0.5) is 0 Å². The Bertz CT molecular complexity index is 851. The van der Waals surface area contributed by atoms with Gasteiger partial charge in [-0.1, -0.05) is 42.5 Å². The SMILES string of the molecule is COc1ccc(CN(C(C)=O)[C@@H](Cc2ccccc2)C(=O)NCCN2CCOCC2)cc1. The first-order valence-electron chi connectivity index (χ1n) is 11.1. The van der Waals surface area contributed by atoms with Crippen molar-refractivity contribution in [2.24, 2.45) is 0 Å². The highest BCUT2D eigenvalue weighted by Crippen LogP contribution is 2.17. The average Bonchev–Trinajstić information content (AvgIpc) is 2.83. The maximum Gasteiger partial charge on any atom is 0.243 e. The number of rotatable bonds is 10. The molecule has 2 aromatic carbocycles. The van der Waals surface area contributed by atoms with E-state index in [-0.39, 0.29) is 11.8 Å². The van der Waals surface area contributed by atoms with E-state index in [1.54, 1.807) is 12.0 Å². The minimum Gasteiger partial charge on any atom is -0.497 e. The Labute approximate surface area is 190 Å². The number of carbonyl (C=O) groups is 2. The van der Waals surface area contributed by atoms with E-state index in [1.807, 2.05) is 54.6 Å². The van der Waals surface area contributed by atoms with Gasteiger partial charge in [-0.3, -0.25) is 14.5 Å². The van der Waals surface area contributed by atoms with Gasteiger partial charge in [-0.15, -0.1) is 0 Å². The number of methoxy groups -OCH3 is 1. The predicted molar refractivity (Wildman–Crippen MR) is 123 cm³/mol. The third-order valence-electron chi connectivity index (χ3n) is 5.70. The van der Waals surface area contributed by atoms with E-state index >= 15 is 0 Å². The molecule has 1 atom stereocenters. The lowest BCUT2D eigenvalue weighted by atomic mass is 10.0. The summed E-state index contributed by atoms with van der Waals surface area (Å²) in [6, 6.07) is 16.8. The Morgan fingerprint density at radius 1 is 1.06 bits per heavy atom. The van der Waals surface area contributed by atoms with Crippen LogP contribution in [0.5, 0.6) is 5.75 Å². The van der Waals surface area contributed by atoms with Crippen molar-refractivity contribution in [1.29, 1.82) is 0 Å². The molecule has 1 heterocycles. The van der Waals surface area contributed by atoms with Crippen LogP contribution in [0.3, 0.4) is 0 Å². The minimum absolute atomic E-state index is 0.133. The number of ether oxygens (including phenoxy) is 2. The maximum absolute atomic E-state index is 13.3. The molecular weight excluding hydrogens is 406 g/mol. The van der Waals surface area contributed by atoms with Crippen molar-refractivity contribution in [1.82, 2.24) is 15.1 Å². The average molecular weight is 440 g/mol. The van der Waals surface area contributed by atoms with E-state index in [2.05, 4.69) is 10.2 Å². The normalized spacial score (nSPS) is 15.1. The topological polar surface area (TPSA) is 71.1 Å². The number of carbonyl (C=O) groups excluding carboxylic acids is 2. The van der Waals surface area contributed by atoms with Crippen LogP contribution in [-0.4, -0.2) is 74.2 Å². The Morgan fingerprint density at radius 2 is 1.75 bits per heavy atom. The first kappa shape index (κ1) is 23.8. The van der Waals surface area contributed by atoms with Crippen molar-refractivity contribution >= 4 is 11.8 Å². The van der Waals surface area contributed by atoms with Gasteiger partial charge in [0.2, 0.25) is 11.8 Å². The summed E-state index contributed by atoms with van der Waals surface area (Å²) in [5.41, 5.74) is 1.96. The molecule has 0 bridgehead atoms. The molecule has 0 radical (unpaired) electrons. The zero-order chi connectivity index (χ0) is 22.8. The monoisotopic (exact) mass is 439 g/mol. The molecule has 2 amide bonds. The molecule has 1 N–H and O–H groups in total. The minimum atomic E-state index is -0.596. The number of benzene rings is 2. The number of amides is 2. The number of hydrogen-bond acceptors (Lipinski definition) is 5. The fraction of sp³-hybridized carbons (Fsp3) is 0.440. The van der Waals surface area contributed by atoms with Gasteiger partial charge in [0.25, 0.3) is 0 Å². The van der Waals surface area contributed by atoms with Crippen LogP contribution >= 0.6 is 0 Å². The fourth-order valence-corrected chi connectivity index (χ4v) is 3.83. The van der Waals surface area contributed by atoms with E-state index in [0.29, 0.717) is 19.5 Å². The predicted octanol–water partition coefficient (Wildman–Crippen LogP) is 2.10. The van der Waals surface area contributed by atoms with Crippen molar-refractivity contribution in [2.75, 3.05) is 46.5 Å². The van der Waals surface area contributed by atoms with Gasteiger partial charge in [-0.25, -0.2) is 0 Å². The molecular formula is C25H33N3O4. The lowest BCUT2D eigenvalue weighted by Gasteiger charge is -2.31. The summed E-state index contributed by atoms with van der Waals surface area (Å²) in [4.78, 5) is 29.8. The van der Waals surface area contributed by atoms with Gasteiger partial charge in [0, 0.05) is 46.1 Å². The molecule has 7 nitrogen and oxygen atoms in total. The molecule has 1 saturated heterocycles. The van der Waals surface area contributed by atoms with Crippen LogP contribution in [0.25, 0.3) is 0 Å². The first-order valence-corrected chi connectivity index (χ1v) is 11.1. The van der Waals surface area contributed by atoms with Crippen molar-refractivity contribution in [2.45, 2.75) is 25.9 Å². The van der Waals surface area contributed by atoms with Gasteiger partial charge in [-0.05, 0) is 23.3 Å². The molecule has 32 heavy (non-hydrogen) atoms. The summed E-state index contributed by atoms with van der Waals surface area (Å²) in [7, 11) is 1.62. The number of hydrogen-bond donors (Lipinski definition) is 1. The Kier molecular flexibility index (Phi) is 9.07. The van der Waals surface area contributed by atoms with Crippen molar-refractivity contribution in [3.63, 3.8) is 0 Å². The van der Waals surface area contributed by atoms with Crippen molar-refractivity contribution in [3.05, 3.63) is 65.7 Å². The van der Waals surface area contributed by atoms with E-state index in [4.69, 9.17) is 9.47 Å². The van der Waals surface area contributed by atoms with Gasteiger partial charge in [0.05, 0.1) is 20.3 Å². The van der Waals surface area contributed by atoms with Crippen molar-refractivity contribution < 1.29 is 19.1 Å². The second-order valence-corrected chi connectivity index (χ2v) is 7.95. The number of nitrogens with zero attached hydrogens (tertiary/aromatic N) is 2. The van der Waals surface area contributed by atoms with Gasteiger partial charge in [-0.2, -0.15) is 0 Å². The summed E-state index contributed by atoms with van der Waals surface area (Å²) in [6.07, 6.45) is 0.458. The summed E-state index contributed by atoms with van der Waals surface area (Å²) in [6.45, 7) is 6.39. The first-order chi connectivity index (χ1) is 15.6. The van der Waals surface area contributed by atoms with Gasteiger partial charge >= 0.3 is 0 Å². The van der Waals surface area contributed by atoms with Gasteiger partial charge < -0.3 is 19.7 Å². The number of morpholine rings is 1. The molecule has 1 aliphatic heterocycles. The second kappa shape index (κ2) is 12.2. The van der Waals surface area contributed by atoms with E-state index in [1.165, 1.54) is 6.92 Å². The summed E-state index contributed by atoms with van der Waals surface area (Å²) in [5.74, 6) is 0.487. The highest BCUT2D eigenvalue weighted by molar-refractivity contribution is 5.87. The van der Waals surface area contributed by atoms with Crippen LogP contribution < -0.4 is 10.1 Å². The molecule has 0 saturated carbocycles. The standard InChI is InChI=1S/C25H33N3O4/c1-20(29)28(19-22-8-10-23(31-2)11-9-22)24(18-21-6-4-3-5-7-21)25(30)26-12-13-27-14-16-32-17-15-27/h3-11,24H,12-19H2,1-2H3,(H,26,30)/t24-/m0/s1. The second-order valence-electron chi connectivity index (χ2n) is 7.95. The molecule has 7 heteroatoms. The van der Waals surface area contributed by atoms with Crippen LogP contribution in [0.2, 0.25) is 0 Å². The van der Waals surface area contributed by atoms with Crippen molar-refractivity contribution in [3.8, 4) is 5.75 Å². The molecule has 1 aliphatic rings. The molecule has 3 rings (SSSR count). The molecule has 172 valence electrons. The zero-order valence-electron chi connectivity index (χ0n) is 19.0. The Balaban J connectivity index is 1.71. The van der Waals surface area contributed by atoms with Crippen LogP contribution in [0, 0.1) is 0 Å². The molecule has 0 aromatic heterocycles. The summed E-state index contributed by atoms with van der Waals surface area (Å²) < 4.78 is 10.6. The van der Waals surface area contributed by atoms with E-state index in [0.717, 1.165) is 49.7 Å². The highest BCUT2D eigenvalue weighted by atomic mass is 16.5. The fourth-order valence-electron chi connectivity index (χ4n) is 3.83. The zero-order valence-corrected chi connectivity index (χ0v) is 19.0. The molecule has 2 aromatic rings. The third kappa shape index (κ3) is 7.07. The third-order valence-corrected chi connectivity index (χ3v) is 5.70. The lowest BCUT2D eigenvalue weighted by Crippen LogP contribution is -2.51. The molecule has 0 unspecified atom stereocenters. The summed E-state index contributed by atoms with van der Waals surface area (Å²) >= 11 is 0. The summed E-state index contributed by atoms with van der Waals surface area (Å²) in [5, 5.41) is 3.05. The quantitative estimate of drug-likeness (QED) is 0.614. The van der Waals surface area contributed by atoms with E-state index in [9.17, 15) is 9.59 Å². The van der Waals surface area contributed by atoms with Crippen LogP contribution in [0.1, 0.15) is 18.1 Å². The smallest absolute Gasteiger partial charge is 0.243 e. The largest absolute Gasteiger partial charge is 0.497 e. The molecule has 1 fully saturated rings. The van der Waals surface area contributed by atoms with Crippen LogP contribution in [-0.2, 0) is 27.3 Å². The van der Waals surface area contributed by atoms with Gasteiger partial charge in [0.1, 0.15) is 11.8 Å². The Morgan fingerprint density at radius 3 is 2.38 bits per heavy atom. The van der Waals surface area contributed by atoms with Crippen LogP contribution in [0.15, 0.2) is 54.6 Å².